The van der Waals surface area contributed by atoms with Crippen LogP contribution in [-0.4, -0.2) is 46.1 Å². The number of carbonyl (C=O) groups excluding carboxylic acids is 1. The summed E-state index contributed by atoms with van der Waals surface area (Å²) in [4.78, 5) is 22.5. The van der Waals surface area contributed by atoms with Crippen LogP contribution >= 0.6 is 0 Å². The Morgan fingerprint density at radius 1 is 1.21 bits per heavy atom. The largest absolute Gasteiger partial charge is 0.496 e. The Labute approximate surface area is 189 Å². The van der Waals surface area contributed by atoms with E-state index < -0.39 is 0 Å². The number of methoxy groups -OCH3 is 1. The number of ether oxygens (including phenoxy) is 1. The topological polar surface area (TPSA) is 84.2 Å². The molecule has 0 saturated carbocycles. The summed E-state index contributed by atoms with van der Waals surface area (Å²) in [7, 11) is 1.57. The van der Waals surface area contributed by atoms with E-state index in [1.807, 2.05) is 18.2 Å². The number of aromatic nitrogens is 3. The number of rotatable bonds is 4. The van der Waals surface area contributed by atoms with Crippen LogP contribution in [0.4, 0.5) is 4.39 Å². The van der Waals surface area contributed by atoms with Crippen LogP contribution in [0.2, 0.25) is 0 Å². The number of aryl methyl sites for hydroxylation is 2. The van der Waals surface area contributed by atoms with Crippen LogP contribution in [0.1, 0.15) is 33.9 Å². The number of halogens is 1. The van der Waals surface area contributed by atoms with Crippen molar-refractivity contribution in [2.45, 2.75) is 20.3 Å². The third-order valence-electron chi connectivity index (χ3n) is 6.07. The van der Waals surface area contributed by atoms with Crippen molar-refractivity contribution in [3.63, 3.8) is 0 Å². The average molecular weight is 446 g/mol. The smallest absolute Gasteiger partial charge is 0.259 e. The molecule has 1 N–H and O–H groups in total. The van der Waals surface area contributed by atoms with E-state index in [-0.39, 0.29) is 11.7 Å². The van der Waals surface area contributed by atoms with Gasteiger partial charge in [0.1, 0.15) is 28.5 Å². The van der Waals surface area contributed by atoms with Gasteiger partial charge in [0.15, 0.2) is 0 Å². The molecule has 1 aliphatic heterocycles. The average Bonchev–Trinajstić information content (AvgIpc) is 3.41. The summed E-state index contributed by atoms with van der Waals surface area (Å²) in [6, 6.07) is 8.36. The van der Waals surface area contributed by atoms with Gasteiger partial charge in [-0.05, 0) is 61.7 Å². The molecule has 0 aliphatic carbocycles. The fourth-order valence-corrected chi connectivity index (χ4v) is 4.37. The van der Waals surface area contributed by atoms with Crippen molar-refractivity contribution in [3.05, 3.63) is 71.1 Å². The molecule has 1 aromatic carbocycles. The van der Waals surface area contributed by atoms with Gasteiger partial charge in [0.05, 0.1) is 12.8 Å². The molecule has 0 fully saturated rings. The quantitative estimate of drug-likeness (QED) is 0.481. The van der Waals surface area contributed by atoms with Crippen LogP contribution in [0.3, 0.4) is 0 Å². The standard InChI is InChI=1S/C25H23FN4O3/c1-14-23(15(2)33-29-14)25(31)30-10-7-16(8-11-30)21-13-20-18(6-9-27-24(20)28-21)19-12-17(26)4-5-22(19)32-3/h4-7,9,12-13H,8,10-11H2,1-3H3,(H,27,28). The number of hydrogen-bond donors (Lipinski definition) is 1. The normalized spacial score (nSPS) is 13.9. The van der Waals surface area contributed by atoms with Crippen LogP contribution in [0, 0.1) is 19.7 Å². The first kappa shape index (κ1) is 20.9. The second-order valence-corrected chi connectivity index (χ2v) is 8.08. The van der Waals surface area contributed by atoms with Gasteiger partial charge in [-0.3, -0.25) is 4.79 Å². The van der Waals surface area contributed by atoms with E-state index in [4.69, 9.17) is 9.26 Å². The molecule has 3 aromatic heterocycles. The van der Waals surface area contributed by atoms with Gasteiger partial charge in [0.2, 0.25) is 0 Å². The van der Waals surface area contributed by atoms with Crippen molar-refractivity contribution in [1.29, 1.82) is 0 Å². The molecule has 0 spiro atoms. The Kier molecular flexibility index (Phi) is 5.20. The van der Waals surface area contributed by atoms with Gasteiger partial charge < -0.3 is 19.1 Å². The lowest BCUT2D eigenvalue weighted by atomic mass is 10.0. The molecule has 0 saturated heterocycles. The molecule has 7 nitrogen and oxygen atoms in total. The van der Waals surface area contributed by atoms with E-state index in [1.165, 1.54) is 12.1 Å². The molecule has 0 bridgehead atoms. The maximum absolute atomic E-state index is 14.0. The van der Waals surface area contributed by atoms with Gasteiger partial charge in [-0.25, -0.2) is 9.37 Å². The van der Waals surface area contributed by atoms with Crippen LogP contribution in [0.5, 0.6) is 5.75 Å². The number of pyridine rings is 1. The minimum atomic E-state index is -0.329. The van der Waals surface area contributed by atoms with E-state index in [1.54, 1.807) is 38.1 Å². The van der Waals surface area contributed by atoms with Crippen LogP contribution < -0.4 is 4.74 Å². The highest BCUT2D eigenvalue weighted by Crippen LogP contribution is 2.36. The third-order valence-corrected chi connectivity index (χ3v) is 6.07. The van der Waals surface area contributed by atoms with Gasteiger partial charge in [0.25, 0.3) is 5.91 Å². The summed E-state index contributed by atoms with van der Waals surface area (Å²) in [6.07, 6.45) is 4.44. The van der Waals surface area contributed by atoms with Gasteiger partial charge in [-0.2, -0.15) is 0 Å². The molecule has 33 heavy (non-hydrogen) atoms. The number of hydrogen-bond acceptors (Lipinski definition) is 5. The monoisotopic (exact) mass is 446 g/mol. The SMILES string of the molecule is COc1ccc(F)cc1-c1ccnc2[nH]c(C3=CCN(C(=O)c4c(C)noc4C)CC3)cc12. The zero-order chi connectivity index (χ0) is 23.1. The first-order valence-electron chi connectivity index (χ1n) is 10.7. The number of amides is 1. The zero-order valence-electron chi connectivity index (χ0n) is 18.6. The highest BCUT2D eigenvalue weighted by molar-refractivity contribution is 5.98. The van der Waals surface area contributed by atoms with Crippen molar-refractivity contribution in [1.82, 2.24) is 20.0 Å². The Bertz CT molecular complexity index is 1380. The summed E-state index contributed by atoms with van der Waals surface area (Å²) < 4.78 is 24.6. The second kappa shape index (κ2) is 8.20. The van der Waals surface area contributed by atoms with E-state index in [0.717, 1.165) is 22.2 Å². The molecule has 8 heteroatoms. The Morgan fingerprint density at radius 2 is 2.06 bits per heavy atom. The molecule has 0 atom stereocenters. The fraction of sp³-hybridized carbons (Fsp3) is 0.240. The maximum atomic E-state index is 14.0. The van der Waals surface area contributed by atoms with E-state index in [2.05, 4.69) is 15.1 Å². The predicted octanol–water partition coefficient (Wildman–Crippen LogP) is 4.91. The number of aromatic amines is 1. The van der Waals surface area contributed by atoms with Crippen molar-refractivity contribution in [2.75, 3.05) is 20.2 Å². The summed E-state index contributed by atoms with van der Waals surface area (Å²) in [5.74, 6) is 0.733. The first-order chi connectivity index (χ1) is 16.0. The van der Waals surface area contributed by atoms with Crippen LogP contribution in [0.15, 0.2) is 47.1 Å². The number of nitrogens with zero attached hydrogens (tertiary/aromatic N) is 3. The molecule has 0 unspecified atom stereocenters. The number of fused-ring (bicyclic) bond motifs is 1. The minimum absolute atomic E-state index is 0.0691. The lowest BCUT2D eigenvalue weighted by Crippen LogP contribution is -2.35. The molecule has 5 rings (SSSR count). The molecule has 4 aromatic rings. The highest BCUT2D eigenvalue weighted by atomic mass is 19.1. The first-order valence-corrected chi connectivity index (χ1v) is 10.7. The van der Waals surface area contributed by atoms with Gasteiger partial charge >= 0.3 is 0 Å². The highest BCUT2D eigenvalue weighted by Gasteiger charge is 2.25. The third kappa shape index (κ3) is 3.67. The summed E-state index contributed by atoms with van der Waals surface area (Å²) in [5, 5.41) is 4.77. The van der Waals surface area contributed by atoms with Crippen molar-refractivity contribution < 1.29 is 18.4 Å². The zero-order valence-corrected chi connectivity index (χ0v) is 18.6. The number of carbonyl (C=O) groups is 1. The van der Waals surface area contributed by atoms with E-state index in [9.17, 15) is 9.18 Å². The molecule has 4 heterocycles. The molecule has 168 valence electrons. The van der Waals surface area contributed by atoms with E-state index >= 15 is 0 Å². The van der Waals surface area contributed by atoms with Crippen molar-refractivity contribution in [3.8, 4) is 16.9 Å². The number of nitrogens with one attached hydrogen (secondary N) is 1. The Balaban J connectivity index is 1.46. The molecular weight excluding hydrogens is 423 g/mol. The second-order valence-electron chi connectivity index (χ2n) is 8.08. The summed E-state index contributed by atoms with van der Waals surface area (Å²) >= 11 is 0. The molecular formula is C25H23FN4O3. The molecule has 0 radical (unpaired) electrons. The fourth-order valence-electron chi connectivity index (χ4n) is 4.37. The number of benzene rings is 1. The molecule has 1 amide bonds. The van der Waals surface area contributed by atoms with Gasteiger partial charge in [-0.15, -0.1) is 0 Å². The summed E-state index contributed by atoms with van der Waals surface area (Å²) in [5.41, 5.74) is 5.40. The van der Waals surface area contributed by atoms with E-state index in [0.29, 0.717) is 53.5 Å². The lowest BCUT2D eigenvalue weighted by Gasteiger charge is -2.26. The van der Waals surface area contributed by atoms with Crippen molar-refractivity contribution >= 4 is 22.5 Å². The minimum Gasteiger partial charge on any atom is -0.496 e. The Hall–Kier alpha value is -3.94. The van der Waals surface area contributed by atoms with Gasteiger partial charge in [-0.1, -0.05) is 11.2 Å². The van der Waals surface area contributed by atoms with Gasteiger partial charge in [0, 0.05) is 35.9 Å². The predicted molar refractivity (Wildman–Crippen MR) is 123 cm³/mol. The Morgan fingerprint density at radius 3 is 2.76 bits per heavy atom. The van der Waals surface area contributed by atoms with Crippen LogP contribution in [-0.2, 0) is 0 Å². The molecule has 1 aliphatic rings. The maximum Gasteiger partial charge on any atom is 0.259 e. The summed E-state index contributed by atoms with van der Waals surface area (Å²) in [6.45, 7) is 4.60. The lowest BCUT2D eigenvalue weighted by molar-refractivity contribution is 0.0770. The van der Waals surface area contributed by atoms with Crippen molar-refractivity contribution in [2.24, 2.45) is 0 Å². The van der Waals surface area contributed by atoms with Crippen LogP contribution in [0.25, 0.3) is 27.7 Å². The number of H-pyrrole nitrogens is 1.